The summed E-state index contributed by atoms with van der Waals surface area (Å²) in [6, 6.07) is 1.96. The molecule has 0 saturated carbocycles. The Morgan fingerprint density at radius 1 is 1.67 bits per heavy atom. The van der Waals surface area contributed by atoms with E-state index in [0.717, 1.165) is 12.8 Å². The van der Waals surface area contributed by atoms with Gasteiger partial charge in [0.05, 0.1) is 12.2 Å². The minimum Gasteiger partial charge on any atom is -0.483 e. The van der Waals surface area contributed by atoms with Gasteiger partial charge in [0.2, 0.25) is 0 Å². The van der Waals surface area contributed by atoms with Crippen molar-refractivity contribution in [3.63, 3.8) is 0 Å². The van der Waals surface area contributed by atoms with Crippen molar-refractivity contribution in [2.24, 2.45) is 0 Å². The number of thiocarbonyl (C=S) groups is 1. The predicted molar refractivity (Wildman–Crippen MR) is 52.9 cm³/mol. The Morgan fingerprint density at radius 2 is 2.33 bits per heavy atom. The summed E-state index contributed by atoms with van der Waals surface area (Å²) in [5.74, 6) is 0. The van der Waals surface area contributed by atoms with Crippen LogP contribution in [0.2, 0.25) is 0 Å². The summed E-state index contributed by atoms with van der Waals surface area (Å²) in [6.07, 6.45) is 3.72. The number of nitriles is 1. The van der Waals surface area contributed by atoms with Crippen LogP contribution in [0.4, 0.5) is 0 Å². The van der Waals surface area contributed by atoms with Gasteiger partial charge in [0.25, 0.3) is 0 Å². The van der Waals surface area contributed by atoms with E-state index in [1.165, 1.54) is 6.42 Å². The van der Waals surface area contributed by atoms with E-state index in [1.54, 1.807) is 0 Å². The van der Waals surface area contributed by atoms with Crippen molar-refractivity contribution in [3.05, 3.63) is 0 Å². The molecule has 0 radical (unpaired) electrons. The zero-order chi connectivity index (χ0) is 9.40. The molecule has 0 aromatic rings. The average Bonchev–Trinajstić information content (AvgIpc) is 2.01. The van der Waals surface area contributed by atoms with Crippen molar-refractivity contribution in [2.75, 3.05) is 0 Å². The lowest BCUT2D eigenvalue weighted by Crippen LogP contribution is -2.12. The standard InChI is InChI=1S/C9H15NOS/c1-3-4-5-8(2)11-9(12)6-7-10/h8H,3-6H2,1-2H3. The van der Waals surface area contributed by atoms with Crippen LogP contribution >= 0.6 is 12.2 Å². The molecular formula is C9H15NOS. The maximum Gasteiger partial charge on any atom is 0.174 e. The summed E-state index contributed by atoms with van der Waals surface area (Å²) in [5.41, 5.74) is 0. The van der Waals surface area contributed by atoms with Gasteiger partial charge in [-0.05, 0) is 25.6 Å². The highest BCUT2D eigenvalue weighted by molar-refractivity contribution is 7.80. The fourth-order valence-corrected chi connectivity index (χ4v) is 1.11. The van der Waals surface area contributed by atoms with Gasteiger partial charge < -0.3 is 4.74 Å². The topological polar surface area (TPSA) is 33.0 Å². The number of nitrogens with zero attached hydrogens (tertiary/aromatic N) is 1. The molecule has 68 valence electrons. The maximum atomic E-state index is 8.31. The maximum absolute atomic E-state index is 8.31. The van der Waals surface area contributed by atoms with E-state index in [-0.39, 0.29) is 12.5 Å². The summed E-state index contributed by atoms with van der Waals surface area (Å²) in [6.45, 7) is 4.12. The molecule has 0 aromatic heterocycles. The Morgan fingerprint density at radius 3 is 2.83 bits per heavy atom. The number of unbranched alkanes of at least 4 members (excludes halogenated alkanes) is 1. The molecule has 0 amide bonds. The highest BCUT2D eigenvalue weighted by Crippen LogP contribution is 2.05. The van der Waals surface area contributed by atoms with Gasteiger partial charge in [-0.25, -0.2) is 0 Å². The summed E-state index contributed by atoms with van der Waals surface area (Å²) in [5, 5.41) is 8.73. The van der Waals surface area contributed by atoms with Gasteiger partial charge in [-0.1, -0.05) is 19.8 Å². The second-order valence-electron chi connectivity index (χ2n) is 2.78. The van der Waals surface area contributed by atoms with Crippen molar-refractivity contribution in [3.8, 4) is 6.07 Å². The molecule has 0 bridgehead atoms. The second-order valence-corrected chi connectivity index (χ2v) is 3.23. The van der Waals surface area contributed by atoms with E-state index in [9.17, 15) is 0 Å². The van der Waals surface area contributed by atoms with Gasteiger partial charge in [0, 0.05) is 0 Å². The van der Waals surface area contributed by atoms with Gasteiger partial charge >= 0.3 is 0 Å². The molecule has 0 heterocycles. The molecule has 1 unspecified atom stereocenters. The summed E-state index contributed by atoms with van der Waals surface area (Å²) in [4.78, 5) is 0. The van der Waals surface area contributed by atoms with Gasteiger partial charge in [-0.3, -0.25) is 0 Å². The Kier molecular flexibility index (Phi) is 6.69. The predicted octanol–water partition coefficient (Wildman–Crippen LogP) is 2.82. The van der Waals surface area contributed by atoms with Crippen LogP contribution in [0.5, 0.6) is 0 Å². The van der Waals surface area contributed by atoms with Crippen LogP contribution in [0.25, 0.3) is 0 Å². The highest BCUT2D eigenvalue weighted by Gasteiger charge is 2.04. The third-order valence-electron chi connectivity index (χ3n) is 1.52. The van der Waals surface area contributed by atoms with Gasteiger partial charge in [0.1, 0.15) is 6.42 Å². The Hall–Kier alpha value is -0.620. The molecule has 0 fully saturated rings. The first-order valence-electron chi connectivity index (χ1n) is 4.27. The highest BCUT2D eigenvalue weighted by atomic mass is 32.1. The van der Waals surface area contributed by atoms with Gasteiger partial charge in [-0.2, -0.15) is 5.26 Å². The summed E-state index contributed by atoms with van der Waals surface area (Å²) >= 11 is 4.84. The monoisotopic (exact) mass is 185 g/mol. The molecule has 0 aliphatic rings. The van der Waals surface area contributed by atoms with E-state index < -0.39 is 0 Å². The van der Waals surface area contributed by atoms with Crippen LogP contribution < -0.4 is 0 Å². The van der Waals surface area contributed by atoms with Crippen molar-refractivity contribution in [1.82, 2.24) is 0 Å². The first-order valence-corrected chi connectivity index (χ1v) is 4.68. The molecule has 0 aliphatic carbocycles. The SMILES string of the molecule is CCCCC(C)OC(=S)CC#N. The molecular weight excluding hydrogens is 170 g/mol. The van der Waals surface area contributed by atoms with Crippen LogP contribution in [0, 0.1) is 11.3 Å². The second kappa shape index (κ2) is 7.05. The summed E-state index contributed by atoms with van der Waals surface area (Å²) in [7, 11) is 0. The minimum atomic E-state index is 0.158. The third-order valence-corrected chi connectivity index (χ3v) is 1.76. The largest absolute Gasteiger partial charge is 0.483 e. The van der Waals surface area contributed by atoms with E-state index in [4.69, 9.17) is 22.2 Å². The third kappa shape index (κ3) is 6.11. The zero-order valence-electron chi connectivity index (χ0n) is 7.67. The lowest BCUT2D eigenvalue weighted by atomic mass is 10.2. The van der Waals surface area contributed by atoms with Crippen LogP contribution in [-0.4, -0.2) is 11.2 Å². The quantitative estimate of drug-likeness (QED) is 0.617. The molecule has 3 heteroatoms. The van der Waals surface area contributed by atoms with Crippen LogP contribution in [0.1, 0.15) is 39.5 Å². The molecule has 0 N–H and O–H groups in total. The number of rotatable bonds is 5. The Balaban J connectivity index is 3.48. The molecule has 0 aromatic carbocycles. The van der Waals surface area contributed by atoms with Gasteiger partial charge in [0.15, 0.2) is 5.05 Å². The Labute approximate surface area is 79.5 Å². The molecule has 12 heavy (non-hydrogen) atoms. The fourth-order valence-electron chi connectivity index (χ4n) is 0.881. The molecule has 0 saturated heterocycles. The molecule has 0 aliphatic heterocycles. The lowest BCUT2D eigenvalue weighted by Gasteiger charge is -2.12. The van der Waals surface area contributed by atoms with Crippen molar-refractivity contribution in [1.29, 1.82) is 5.26 Å². The van der Waals surface area contributed by atoms with E-state index in [2.05, 4.69) is 6.92 Å². The van der Waals surface area contributed by atoms with E-state index in [0.29, 0.717) is 5.05 Å². The van der Waals surface area contributed by atoms with Crippen molar-refractivity contribution >= 4 is 17.3 Å². The summed E-state index contributed by atoms with van der Waals surface area (Å²) < 4.78 is 5.30. The smallest absolute Gasteiger partial charge is 0.174 e. The molecule has 0 spiro atoms. The first kappa shape index (κ1) is 11.4. The number of ether oxygens (including phenoxy) is 1. The van der Waals surface area contributed by atoms with Crippen molar-refractivity contribution in [2.45, 2.75) is 45.6 Å². The Bertz CT molecular complexity index is 174. The molecule has 2 nitrogen and oxygen atoms in total. The molecule has 0 rings (SSSR count). The van der Waals surface area contributed by atoms with Crippen LogP contribution in [0.15, 0.2) is 0 Å². The number of hydrogen-bond donors (Lipinski definition) is 0. The van der Waals surface area contributed by atoms with Crippen LogP contribution in [0.3, 0.4) is 0 Å². The first-order chi connectivity index (χ1) is 5.70. The lowest BCUT2D eigenvalue weighted by molar-refractivity contribution is 0.196. The average molecular weight is 185 g/mol. The van der Waals surface area contributed by atoms with Gasteiger partial charge in [-0.15, -0.1) is 0 Å². The van der Waals surface area contributed by atoms with E-state index >= 15 is 0 Å². The minimum absolute atomic E-state index is 0.158. The normalized spacial score (nSPS) is 11.8. The molecule has 1 atom stereocenters. The number of hydrogen-bond acceptors (Lipinski definition) is 3. The zero-order valence-corrected chi connectivity index (χ0v) is 8.49. The van der Waals surface area contributed by atoms with Crippen molar-refractivity contribution < 1.29 is 4.74 Å². The van der Waals surface area contributed by atoms with E-state index in [1.807, 2.05) is 13.0 Å². The van der Waals surface area contributed by atoms with Crippen LogP contribution in [-0.2, 0) is 4.74 Å². The fraction of sp³-hybridized carbons (Fsp3) is 0.778.